The van der Waals surface area contributed by atoms with Gasteiger partial charge in [0.05, 0.1) is 7.59 Å². The van der Waals surface area contributed by atoms with Crippen LogP contribution in [0.1, 0.15) is 0 Å². The van der Waals surface area contributed by atoms with E-state index in [9.17, 15) is 4.80 Å². The van der Waals surface area contributed by atoms with Crippen LogP contribution >= 0.6 is 0 Å². The third kappa shape index (κ3) is 4.12. The Morgan fingerprint density at radius 1 is 0.750 bits per heavy atom. The Labute approximate surface area is 176 Å². The van der Waals surface area contributed by atoms with Gasteiger partial charge in [-0.25, -0.2) is 0 Å². The Hall–Kier alpha value is -0.672. The predicted molar refractivity (Wildman–Crippen MR) is 140 cm³/mol. The van der Waals surface area contributed by atoms with Crippen molar-refractivity contribution in [1.29, 1.82) is 0 Å². The fourth-order valence-electron chi connectivity index (χ4n) is 5.56. The molecule has 28 heavy (non-hydrogen) atoms. The maximum atomic E-state index is 13.0. The zero-order valence-electron chi connectivity index (χ0n) is 19.9. The molecule has 0 bridgehead atoms. The van der Waals surface area contributed by atoms with Crippen molar-refractivity contribution >= 4 is 53.2 Å². The largest absolute Gasteiger partial charge is 0.430 e. The second-order valence-corrected chi connectivity index (χ2v) is 38.0. The Kier molecular flexibility index (Phi) is 6.36. The minimum atomic E-state index is -2.73. The van der Waals surface area contributed by atoms with E-state index in [1.54, 1.807) is 0 Å². The number of hydrogen-bond donors (Lipinski definition) is 1. The first kappa shape index (κ1) is 23.6. The standard InChI is InChI=1S/C22H41NOSi4/c1-23(2)19-16-12-14-18-15-13-17-20(21(18)19)28(24,27(9,10)11)22(25(3,4)5)26(6,7)8/h12-17,22,24H,1-11H3. The fraction of sp³-hybridized carbons (Fsp3) is 0.545. The molecule has 0 radical (unpaired) electrons. The SMILES string of the molecule is CN(C)c1cccc2cccc([Si](O)(C([Si](C)(C)C)[Si](C)(C)C)[Si](C)(C)C)c12. The van der Waals surface area contributed by atoms with Crippen LogP contribution in [0.25, 0.3) is 10.8 Å². The molecule has 1 atom stereocenters. The van der Waals surface area contributed by atoms with Gasteiger partial charge < -0.3 is 9.70 Å². The van der Waals surface area contributed by atoms with E-state index in [2.05, 4.69) is 114 Å². The molecule has 2 aromatic carbocycles. The van der Waals surface area contributed by atoms with Gasteiger partial charge in [0.1, 0.15) is 0 Å². The summed E-state index contributed by atoms with van der Waals surface area (Å²) in [7, 11) is -3.53. The van der Waals surface area contributed by atoms with E-state index in [4.69, 9.17) is 0 Å². The van der Waals surface area contributed by atoms with Gasteiger partial charge >= 0.3 is 0 Å². The molecular weight excluding hydrogens is 407 g/mol. The first-order valence-electron chi connectivity index (χ1n) is 10.4. The molecule has 0 aromatic heterocycles. The van der Waals surface area contributed by atoms with Crippen LogP contribution in [0, 0.1) is 0 Å². The minimum absolute atomic E-state index is 0.528. The van der Waals surface area contributed by atoms with Crippen LogP contribution in [-0.2, 0) is 0 Å². The van der Waals surface area contributed by atoms with Gasteiger partial charge in [0.2, 0.25) is 7.83 Å². The van der Waals surface area contributed by atoms with Crippen LogP contribution in [-0.4, -0.2) is 50.5 Å². The van der Waals surface area contributed by atoms with Crippen molar-refractivity contribution in [1.82, 2.24) is 0 Å². The summed E-state index contributed by atoms with van der Waals surface area (Å²) in [6, 6.07) is 13.2. The molecule has 0 saturated carbocycles. The van der Waals surface area contributed by atoms with Gasteiger partial charge in [0.15, 0.2) is 0 Å². The molecule has 6 heteroatoms. The van der Waals surface area contributed by atoms with E-state index in [1.807, 2.05) is 0 Å². The molecular formula is C22H41NOSi4. The number of rotatable bonds is 6. The molecule has 2 aromatic rings. The number of benzene rings is 2. The maximum absolute atomic E-state index is 13.0. The van der Waals surface area contributed by atoms with Crippen molar-refractivity contribution in [3.05, 3.63) is 36.4 Å². The highest BCUT2D eigenvalue weighted by Crippen LogP contribution is 2.44. The van der Waals surface area contributed by atoms with E-state index < -0.39 is 31.6 Å². The molecule has 0 amide bonds. The topological polar surface area (TPSA) is 23.5 Å². The van der Waals surface area contributed by atoms with E-state index >= 15 is 0 Å². The molecule has 0 aliphatic heterocycles. The van der Waals surface area contributed by atoms with Gasteiger partial charge in [0, 0.05) is 41.3 Å². The van der Waals surface area contributed by atoms with Crippen LogP contribution in [0.15, 0.2) is 36.4 Å². The lowest BCUT2D eigenvalue weighted by molar-refractivity contribution is 0.571. The Morgan fingerprint density at radius 2 is 1.21 bits per heavy atom. The van der Waals surface area contributed by atoms with Crippen LogP contribution in [0.3, 0.4) is 0 Å². The predicted octanol–water partition coefficient (Wildman–Crippen LogP) is 5.59. The fourth-order valence-corrected chi connectivity index (χ4v) is 51.1. The van der Waals surface area contributed by atoms with Gasteiger partial charge in [-0.3, -0.25) is 0 Å². The third-order valence-corrected chi connectivity index (χ3v) is 37.1. The lowest BCUT2D eigenvalue weighted by Crippen LogP contribution is -2.76. The van der Waals surface area contributed by atoms with Crippen molar-refractivity contribution in [2.45, 2.75) is 63.7 Å². The summed E-state index contributed by atoms with van der Waals surface area (Å²) in [6.07, 6.45) is 0. The van der Waals surface area contributed by atoms with Crippen molar-refractivity contribution in [2.24, 2.45) is 0 Å². The Balaban J connectivity index is 3.04. The van der Waals surface area contributed by atoms with Crippen LogP contribution in [0.2, 0.25) is 63.7 Å². The van der Waals surface area contributed by atoms with Gasteiger partial charge in [-0.05, 0) is 21.4 Å². The first-order chi connectivity index (χ1) is 12.5. The average molecular weight is 448 g/mol. The molecule has 2 nitrogen and oxygen atoms in total. The summed E-state index contributed by atoms with van der Waals surface area (Å²) in [5.41, 5.74) is 1.24. The van der Waals surface area contributed by atoms with Crippen molar-refractivity contribution in [2.75, 3.05) is 19.0 Å². The highest BCUT2D eigenvalue weighted by atomic mass is 29.3. The minimum Gasteiger partial charge on any atom is -0.430 e. The van der Waals surface area contributed by atoms with Crippen molar-refractivity contribution < 1.29 is 4.80 Å². The van der Waals surface area contributed by atoms with Crippen LogP contribution in [0.5, 0.6) is 0 Å². The van der Waals surface area contributed by atoms with Crippen LogP contribution < -0.4 is 10.1 Å². The summed E-state index contributed by atoms with van der Waals surface area (Å²) in [4.78, 5) is 15.7. The number of fused-ring (bicyclic) bond motifs is 1. The third-order valence-electron chi connectivity index (χ3n) is 6.07. The lowest BCUT2D eigenvalue weighted by Gasteiger charge is -2.53. The zero-order valence-corrected chi connectivity index (χ0v) is 23.9. The van der Waals surface area contributed by atoms with Gasteiger partial charge in [-0.15, -0.1) is 0 Å². The molecule has 0 heterocycles. The second-order valence-electron chi connectivity index (χ2n) is 11.8. The second kappa shape index (κ2) is 7.54. The molecule has 0 aliphatic rings. The summed E-state index contributed by atoms with van der Waals surface area (Å²) in [6.45, 7) is 22.2. The molecule has 0 spiro atoms. The molecule has 1 unspecified atom stereocenters. The van der Waals surface area contributed by atoms with E-state index in [-0.39, 0.29) is 0 Å². The zero-order chi connectivity index (χ0) is 21.7. The molecule has 0 aliphatic carbocycles. The van der Waals surface area contributed by atoms with Gasteiger partial charge in [0.25, 0.3) is 0 Å². The maximum Gasteiger partial charge on any atom is 0.204 e. The van der Waals surface area contributed by atoms with E-state index in [0.29, 0.717) is 4.79 Å². The number of anilines is 1. The molecule has 0 saturated heterocycles. The quantitative estimate of drug-likeness (QED) is 0.583. The summed E-state index contributed by atoms with van der Waals surface area (Å²) in [5.74, 6) is 0. The highest BCUT2D eigenvalue weighted by molar-refractivity contribution is 7.49. The molecule has 1 N–H and O–H groups in total. The molecule has 0 fully saturated rings. The van der Waals surface area contributed by atoms with E-state index in [1.165, 1.54) is 21.6 Å². The Bertz CT molecular complexity index is 827. The monoisotopic (exact) mass is 447 g/mol. The number of hydrogen-bond acceptors (Lipinski definition) is 2. The highest BCUT2D eigenvalue weighted by Gasteiger charge is 2.60. The lowest BCUT2D eigenvalue weighted by atomic mass is 10.1. The molecule has 156 valence electrons. The number of nitrogens with zero attached hydrogens (tertiary/aromatic N) is 1. The smallest absolute Gasteiger partial charge is 0.204 e. The van der Waals surface area contributed by atoms with E-state index in [0.717, 1.165) is 0 Å². The Morgan fingerprint density at radius 3 is 1.61 bits per heavy atom. The summed E-state index contributed by atoms with van der Waals surface area (Å²) in [5, 5.41) is 3.87. The average Bonchev–Trinajstić information content (AvgIpc) is 2.49. The normalized spacial score (nSPS) is 15.8. The summed E-state index contributed by atoms with van der Waals surface area (Å²) >= 11 is 0. The van der Waals surface area contributed by atoms with Gasteiger partial charge in [-0.1, -0.05) is 89.3 Å². The van der Waals surface area contributed by atoms with Crippen molar-refractivity contribution in [3.63, 3.8) is 0 Å². The van der Waals surface area contributed by atoms with Gasteiger partial charge in [-0.2, -0.15) is 0 Å². The van der Waals surface area contributed by atoms with Crippen LogP contribution in [0.4, 0.5) is 5.69 Å². The van der Waals surface area contributed by atoms with Crippen molar-refractivity contribution in [3.8, 4) is 0 Å². The summed E-state index contributed by atoms with van der Waals surface area (Å²) < 4.78 is 0. The first-order valence-corrected chi connectivity index (χ1v) is 24.1. The molecule has 2 rings (SSSR count).